The molecule has 0 spiro atoms. The van der Waals surface area contributed by atoms with Gasteiger partial charge in [0.25, 0.3) is 0 Å². The van der Waals surface area contributed by atoms with Crippen LogP contribution in [0.3, 0.4) is 0 Å². The first-order valence-corrected chi connectivity index (χ1v) is 7.79. The van der Waals surface area contributed by atoms with Gasteiger partial charge in [-0.1, -0.05) is 36.4 Å². The summed E-state index contributed by atoms with van der Waals surface area (Å²) < 4.78 is 7.30. The van der Waals surface area contributed by atoms with Gasteiger partial charge >= 0.3 is 12.1 Å². The molecule has 0 saturated carbocycles. The largest absolute Gasteiger partial charge is 0.480 e. The van der Waals surface area contributed by atoms with Gasteiger partial charge in [-0.2, -0.15) is 0 Å². The van der Waals surface area contributed by atoms with Crippen LogP contribution in [-0.4, -0.2) is 39.2 Å². The molecular weight excluding hydrogens is 308 g/mol. The maximum atomic E-state index is 12.1. The standard InChI is InChI=1S/C18H16N2O4/c21-17(22)16-9-10-19(16)18(23)24-11-20-14-7-3-1-5-12(14)13-6-2-4-8-15(13)20/h1-8,16H,9-11H2,(H,21,22)/t16-/m0/s1. The van der Waals surface area contributed by atoms with E-state index in [4.69, 9.17) is 9.84 Å². The van der Waals surface area contributed by atoms with E-state index in [1.165, 1.54) is 4.90 Å². The number of hydrogen-bond acceptors (Lipinski definition) is 3. The van der Waals surface area contributed by atoms with E-state index in [1.807, 2.05) is 53.1 Å². The zero-order chi connectivity index (χ0) is 16.7. The first-order valence-electron chi connectivity index (χ1n) is 7.79. The minimum Gasteiger partial charge on any atom is -0.480 e. The number of nitrogens with zero attached hydrogens (tertiary/aromatic N) is 2. The number of amides is 1. The lowest BCUT2D eigenvalue weighted by Crippen LogP contribution is -2.55. The third-order valence-electron chi connectivity index (χ3n) is 4.54. The summed E-state index contributed by atoms with van der Waals surface area (Å²) in [4.78, 5) is 24.4. The highest BCUT2D eigenvalue weighted by atomic mass is 16.6. The first kappa shape index (κ1) is 14.6. The number of ether oxygens (including phenoxy) is 1. The van der Waals surface area contributed by atoms with Crippen LogP contribution in [-0.2, 0) is 16.3 Å². The summed E-state index contributed by atoms with van der Waals surface area (Å²) in [5.41, 5.74) is 1.95. The Balaban J connectivity index is 1.62. The number of carbonyl (C=O) groups excluding carboxylic acids is 1. The van der Waals surface area contributed by atoms with Gasteiger partial charge in [0.15, 0.2) is 6.73 Å². The highest BCUT2D eigenvalue weighted by molar-refractivity contribution is 6.07. The Morgan fingerprint density at radius 1 is 1.04 bits per heavy atom. The third-order valence-corrected chi connectivity index (χ3v) is 4.54. The molecule has 1 amide bonds. The fraction of sp³-hybridized carbons (Fsp3) is 0.222. The van der Waals surface area contributed by atoms with E-state index in [9.17, 15) is 9.59 Å². The van der Waals surface area contributed by atoms with Crippen LogP contribution < -0.4 is 0 Å². The zero-order valence-electron chi connectivity index (χ0n) is 12.9. The molecule has 2 aromatic carbocycles. The van der Waals surface area contributed by atoms with E-state index in [-0.39, 0.29) is 6.73 Å². The predicted molar refractivity (Wildman–Crippen MR) is 88.7 cm³/mol. The molecule has 0 unspecified atom stereocenters. The van der Waals surface area contributed by atoms with Crippen LogP contribution in [0.4, 0.5) is 4.79 Å². The number of aliphatic carboxylic acids is 1. The van der Waals surface area contributed by atoms with Crippen molar-refractivity contribution in [3.05, 3.63) is 48.5 Å². The fourth-order valence-electron chi connectivity index (χ4n) is 3.21. The quantitative estimate of drug-likeness (QED) is 0.804. The number of carboxylic acid groups (broad SMARTS) is 1. The SMILES string of the molecule is O=C(O)[C@@H]1CCN1C(=O)OCn1c2ccccc2c2ccccc21. The van der Waals surface area contributed by atoms with Gasteiger partial charge in [0.05, 0.1) is 11.0 Å². The van der Waals surface area contributed by atoms with Gasteiger partial charge < -0.3 is 14.4 Å². The lowest BCUT2D eigenvalue weighted by molar-refractivity contribution is -0.147. The molecule has 1 aromatic heterocycles. The van der Waals surface area contributed by atoms with Crippen molar-refractivity contribution < 1.29 is 19.4 Å². The number of fused-ring (bicyclic) bond motifs is 3. The molecule has 0 bridgehead atoms. The average molecular weight is 324 g/mol. The molecule has 2 heterocycles. The number of hydrogen-bond donors (Lipinski definition) is 1. The number of likely N-dealkylation sites (tertiary alicyclic amines) is 1. The molecule has 6 nitrogen and oxygen atoms in total. The molecule has 1 saturated heterocycles. The Morgan fingerprint density at radius 3 is 2.12 bits per heavy atom. The number of para-hydroxylation sites is 2. The molecule has 4 rings (SSSR count). The molecule has 1 aliphatic rings. The number of rotatable bonds is 3. The van der Waals surface area contributed by atoms with Crippen molar-refractivity contribution in [2.75, 3.05) is 6.54 Å². The molecule has 122 valence electrons. The summed E-state index contributed by atoms with van der Waals surface area (Å²) in [5.74, 6) is -0.991. The van der Waals surface area contributed by atoms with Crippen LogP contribution in [0.25, 0.3) is 21.8 Å². The van der Waals surface area contributed by atoms with Crippen LogP contribution in [0.2, 0.25) is 0 Å². The summed E-state index contributed by atoms with van der Waals surface area (Å²) in [7, 11) is 0. The predicted octanol–water partition coefficient (Wildman–Crippen LogP) is 3.05. The second-order valence-electron chi connectivity index (χ2n) is 5.84. The van der Waals surface area contributed by atoms with Gasteiger partial charge in [-0.15, -0.1) is 0 Å². The fourth-order valence-corrected chi connectivity index (χ4v) is 3.21. The molecule has 0 radical (unpaired) electrons. The van der Waals surface area contributed by atoms with Crippen molar-refractivity contribution in [2.24, 2.45) is 0 Å². The van der Waals surface area contributed by atoms with E-state index in [1.54, 1.807) is 0 Å². The second kappa shape index (κ2) is 5.56. The maximum absolute atomic E-state index is 12.1. The van der Waals surface area contributed by atoms with Crippen molar-refractivity contribution in [3.8, 4) is 0 Å². The molecule has 1 fully saturated rings. The summed E-state index contributed by atoms with van der Waals surface area (Å²) in [5, 5.41) is 11.2. The molecule has 0 aliphatic carbocycles. The van der Waals surface area contributed by atoms with Gasteiger partial charge in [-0.25, -0.2) is 9.59 Å². The van der Waals surface area contributed by atoms with Crippen molar-refractivity contribution in [1.82, 2.24) is 9.47 Å². The Labute approximate surface area is 137 Å². The molecule has 24 heavy (non-hydrogen) atoms. The minimum absolute atomic E-state index is 0.0513. The summed E-state index contributed by atoms with van der Waals surface area (Å²) in [6, 6.07) is 15.1. The maximum Gasteiger partial charge on any atom is 0.412 e. The van der Waals surface area contributed by atoms with Crippen molar-refractivity contribution in [3.63, 3.8) is 0 Å². The Hall–Kier alpha value is -3.02. The smallest absolute Gasteiger partial charge is 0.412 e. The van der Waals surface area contributed by atoms with Crippen LogP contribution >= 0.6 is 0 Å². The molecular formula is C18H16N2O4. The van der Waals surface area contributed by atoms with Gasteiger partial charge in [-0.3, -0.25) is 4.90 Å². The molecule has 3 aromatic rings. The highest BCUT2D eigenvalue weighted by Gasteiger charge is 2.38. The Morgan fingerprint density at radius 2 is 1.62 bits per heavy atom. The van der Waals surface area contributed by atoms with Crippen molar-refractivity contribution in [2.45, 2.75) is 19.2 Å². The van der Waals surface area contributed by atoms with Crippen LogP contribution in [0.15, 0.2) is 48.5 Å². The second-order valence-corrected chi connectivity index (χ2v) is 5.84. The van der Waals surface area contributed by atoms with Gasteiger partial charge in [0, 0.05) is 17.3 Å². The van der Waals surface area contributed by atoms with Crippen LogP contribution in [0, 0.1) is 0 Å². The molecule has 6 heteroatoms. The van der Waals surface area contributed by atoms with Gasteiger partial charge in [0.1, 0.15) is 6.04 Å². The number of carbonyl (C=O) groups is 2. The van der Waals surface area contributed by atoms with Crippen LogP contribution in [0.5, 0.6) is 0 Å². The molecule has 1 N–H and O–H groups in total. The lowest BCUT2D eigenvalue weighted by Gasteiger charge is -2.36. The van der Waals surface area contributed by atoms with E-state index >= 15 is 0 Å². The summed E-state index contributed by atoms with van der Waals surface area (Å²) >= 11 is 0. The average Bonchev–Trinajstić information content (AvgIpc) is 2.85. The zero-order valence-corrected chi connectivity index (χ0v) is 12.9. The van der Waals surface area contributed by atoms with Gasteiger partial charge in [0.2, 0.25) is 0 Å². The van der Waals surface area contributed by atoms with E-state index in [2.05, 4.69) is 0 Å². The van der Waals surface area contributed by atoms with E-state index < -0.39 is 18.1 Å². The Bertz CT molecular complexity index is 893. The van der Waals surface area contributed by atoms with Crippen LogP contribution in [0.1, 0.15) is 6.42 Å². The number of carboxylic acids is 1. The van der Waals surface area contributed by atoms with Gasteiger partial charge in [-0.05, 0) is 18.6 Å². The number of aromatic nitrogens is 1. The minimum atomic E-state index is -0.991. The topological polar surface area (TPSA) is 71.8 Å². The molecule has 1 aliphatic heterocycles. The summed E-state index contributed by atoms with van der Waals surface area (Å²) in [6.07, 6.45) is -0.115. The third kappa shape index (κ3) is 2.19. The Kier molecular flexibility index (Phi) is 3.37. The lowest BCUT2D eigenvalue weighted by atomic mass is 10.1. The summed E-state index contributed by atoms with van der Waals surface area (Å²) in [6.45, 7) is 0.471. The normalized spacial score (nSPS) is 17.0. The van der Waals surface area contributed by atoms with Crippen molar-refractivity contribution in [1.29, 1.82) is 0 Å². The monoisotopic (exact) mass is 324 g/mol. The number of benzene rings is 2. The first-order chi connectivity index (χ1) is 11.7. The van der Waals surface area contributed by atoms with E-state index in [0.717, 1.165) is 21.8 Å². The molecule has 1 atom stereocenters. The van der Waals surface area contributed by atoms with Crippen molar-refractivity contribution >= 4 is 33.9 Å². The van der Waals surface area contributed by atoms with E-state index in [0.29, 0.717) is 13.0 Å². The highest BCUT2D eigenvalue weighted by Crippen LogP contribution is 2.29.